The van der Waals surface area contributed by atoms with Crippen LogP contribution in [0.4, 0.5) is 23.7 Å². The summed E-state index contributed by atoms with van der Waals surface area (Å²) in [6.45, 7) is 1.66. The number of anilines is 1. The molecule has 8 nitrogen and oxygen atoms in total. The van der Waals surface area contributed by atoms with Crippen molar-refractivity contribution in [3.63, 3.8) is 0 Å². The van der Waals surface area contributed by atoms with E-state index in [1.54, 1.807) is 18.2 Å². The Morgan fingerprint density at radius 2 is 1.75 bits per heavy atom. The molecule has 11 heteroatoms. The summed E-state index contributed by atoms with van der Waals surface area (Å²) in [5, 5.41) is 4.96. The van der Waals surface area contributed by atoms with Gasteiger partial charge in [-0.05, 0) is 48.9 Å². The van der Waals surface area contributed by atoms with Gasteiger partial charge in [-0.15, -0.1) is 0 Å². The maximum Gasteiger partial charge on any atom is 0.416 e. The summed E-state index contributed by atoms with van der Waals surface area (Å²) in [6.07, 6.45) is -4.50. The third-order valence-electron chi connectivity index (χ3n) is 5.19. The first-order valence-electron chi connectivity index (χ1n) is 9.59. The van der Waals surface area contributed by atoms with E-state index in [1.165, 1.54) is 6.92 Å². The summed E-state index contributed by atoms with van der Waals surface area (Å²) < 4.78 is 48.9. The fraction of sp³-hybridized carbons (Fsp3) is 0.286. The standard InChI is InChI=1S/C21H18F3N3O5/c1-20(13-4-7-15-16(10-13)32-9-8-31-15)18(29)27(19(30)26-20)11-17(28)25-14-5-2-12(3-6-14)21(22,23)24/h2-7,10H,8-9,11H2,1H3,(H,25,28)(H,26,30). The summed E-state index contributed by atoms with van der Waals surface area (Å²) in [5.74, 6) is -0.426. The second kappa shape index (κ2) is 7.74. The third-order valence-corrected chi connectivity index (χ3v) is 5.19. The van der Waals surface area contributed by atoms with E-state index in [1.807, 2.05) is 0 Å². The summed E-state index contributed by atoms with van der Waals surface area (Å²) in [5.41, 5.74) is -1.74. The molecule has 2 aliphatic rings. The lowest BCUT2D eigenvalue weighted by Crippen LogP contribution is -2.42. The molecule has 32 heavy (non-hydrogen) atoms. The molecule has 1 unspecified atom stereocenters. The number of carbonyl (C=O) groups is 3. The highest BCUT2D eigenvalue weighted by Crippen LogP contribution is 2.37. The molecule has 2 aromatic rings. The van der Waals surface area contributed by atoms with Crippen molar-refractivity contribution in [3.8, 4) is 11.5 Å². The first-order valence-corrected chi connectivity index (χ1v) is 9.59. The highest BCUT2D eigenvalue weighted by Gasteiger charge is 2.49. The van der Waals surface area contributed by atoms with Gasteiger partial charge in [-0.25, -0.2) is 4.79 Å². The van der Waals surface area contributed by atoms with Gasteiger partial charge in [0.15, 0.2) is 11.5 Å². The van der Waals surface area contributed by atoms with E-state index in [-0.39, 0.29) is 5.69 Å². The predicted molar refractivity (Wildman–Crippen MR) is 105 cm³/mol. The zero-order valence-corrected chi connectivity index (χ0v) is 16.8. The molecule has 168 valence electrons. The molecule has 1 atom stereocenters. The molecular weight excluding hydrogens is 431 g/mol. The van der Waals surface area contributed by atoms with Crippen LogP contribution in [0.2, 0.25) is 0 Å². The number of hydrogen-bond donors (Lipinski definition) is 2. The molecule has 2 aromatic carbocycles. The number of carbonyl (C=O) groups excluding carboxylic acids is 3. The van der Waals surface area contributed by atoms with Gasteiger partial charge in [0, 0.05) is 5.69 Å². The number of halogens is 3. The Bertz CT molecular complexity index is 1090. The number of amides is 4. The maximum absolute atomic E-state index is 13.0. The summed E-state index contributed by atoms with van der Waals surface area (Å²) in [7, 11) is 0. The Labute approximate surface area is 180 Å². The maximum atomic E-state index is 13.0. The molecule has 2 N–H and O–H groups in total. The minimum Gasteiger partial charge on any atom is -0.486 e. The molecule has 1 saturated heterocycles. The van der Waals surface area contributed by atoms with Crippen molar-refractivity contribution in [1.29, 1.82) is 0 Å². The van der Waals surface area contributed by atoms with E-state index < -0.39 is 41.7 Å². The van der Waals surface area contributed by atoms with Crippen molar-refractivity contribution in [2.24, 2.45) is 0 Å². The van der Waals surface area contributed by atoms with Crippen LogP contribution in [0.15, 0.2) is 42.5 Å². The van der Waals surface area contributed by atoms with Gasteiger partial charge in [-0.3, -0.25) is 14.5 Å². The van der Waals surface area contributed by atoms with Crippen LogP contribution in [0.1, 0.15) is 18.1 Å². The fourth-order valence-corrected chi connectivity index (χ4v) is 3.48. The zero-order valence-electron chi connectivity index (χ0n) is 16.8. The molecule has 1 fully saturated rings. The number of rotatable bonds is 4. The van der Waals surface area contributed by atoms with Gasteiger partial charge >= 0.3 is 12.2 Å². The van der Waals surface area contributed by atoms with Gasteiger partial charge in [-0.2, -0.15) is 13.2 Å². The van der Waals surface area contributed by atoms with Crippen molar-refractivity contribution in [3.05, 3.63) is 53.6 Å². The molecule has 0 aliphatic carbocycles. The molecule has 2 aliphatic heterocycles. The topological polar surface area (TPSA) is 97.0 Å². The van der Waals surface area contributed by atoms with Crippen LogP contribution < -0.4 is 20.1 Å². The number of alkyl halides is 3. The molecule has 0 bridgehead atoms. The molecule has 0 aromatic heterocycles. The second-order valence-corrected chi connectivity index (χ2v) is 7.43. The summed E-state index contributed by atoms with van der Waals surface area (Å²) in [4.78, 5) is 38.5. The third kappa shape index (κ3) is 3.93. The number of imide groups is 1. The molecule has 4 amide bonds. The van der Waals surface area contributed by atoms with Gasteiger partial charge in [-0.1, -0.05) is 6.07 Å². The Morgan fingerprint density at radius 3 is 2.41 bits per heavy atom. The van der Waals surface area contributed by atoms with Crippen molar-refractivity contribution in [2.75, 3.05) is 25.1 Å². The molecule has 0 saturated carbocycles. The van der Waals surface area contributed by atoms with E-state index in [9.17, 15) is 27.6 Å². The highest BCUT2D eigenvalue weighted by atomic mass is 19.4. The number of hydrogen-bond acceptors (Lipinski definition) is 5. The lowest BCUT2D eigenvalue weighted by molar-refractivity contribution is -0.137. The van der Waals surface area contributed by atoms with Gasteiger partial charge in [0.2, 0.25) is 5.91 Å². The van der Waals surface area contributed by atoms with Gasteiger partial charge in [0.1, 0.15) is 25.3 Å². The average Bonchev–Trinajstić information content (AvgIpc) is 2.97. The minimum absolute atomic E-state index is 0.102. The van der Waals surface area contributed by atoms with Crippen molar-refractivity contribution in [2.45, 2.75) is 18.6 Å². The first kappa shape index (κ1) is 21.5. The Balaban J connectivity index is 1.46. The smallest absolute Gasteiger partial charge is 0.416 e. The SMILES string of the molecule is CC1(c2ccc3c(c2)OCCO3)NC(=O)N(CC(=O)Nc2ccc(C(F)(F)F)cc2)C1=O. The first-order chi connectivity index (χ1) is 15.1. The van der Waals surface area contributed by atoms with Crippen LogP contribution in [0.25, 0.3) is 0 Å². The number of nitrogens with one attached hydrogen (secondary N) is 2. The van der Waals surface area contributed by atoms with E-state index in [0.29, 0.717) is 30.3 Å². The Kier molecular flexibility index (Phi) is 5.19. The number of ether oxygens (including phenoxy) is 2. The van der Waals surface area contributed by atoms with Crippen LogP contribution >= 0.6 is 0 Å². The molecule has 2 heterocycles. The monoisotopic (exact) mass is 449 g/mol. The Hall–Kier alpha value is -3.76. The average molecular weight is 449 g/mol. The van der Waals surface area contributed by atoms with Gasteiger partial charge < -0.3 is 20.1 Å². The van der Waals surface area contributed by atoms with Crippen molar-refractivity contribution >= 4 is 23.5 Å². The molecule has 0 radical (unpaired) electrons. The summed E-state index contributed by atoms with van der Waals surface area (Å²) >= 11 is 0. The van der Waals surface area contributed by atoms with Crippen molar-refractivity contribution < 1.29 is 37.0 Å². The normalized spacial score (nSPS) is 20.2. The van der Waals surface area contributed by atoms with Crippen LogP contribution in [-0.2, 0) is 21.3 Å². The lowest BCUT2D eigenvalue weighted by atomic mass is 9.91. The van der Waals surface area contributed by atoms with E-state index in [2.05, 4.69) is 10.6 Å². The Morgan fingerprint density at radius 1 is 1.09 bits per heavy atom. The van der Waals surface area contributed by atoms with Crippen LogP contribution in [0, 0.1) is 0 Å². The number of urea groups is 1. The highest BCUT2D eigenvalue weighted by molar-refractivity contribution is 6.10. The largest absolute Gasteiger partial charge is 0.486 e. The fourth-order valence-electron chi connectivity index (χ4n) is 3.48. The van der Waals surface area contributed by atoms with Crippen molar-refractivity contribution in [1.82, 2.24) is 10.2 Å². The lowest BCUT2D eigenvalue weighted by Gasteiger charge is -2.25. The number of benzene rings is 2. The quantitative estimate of drug-likeness (QED) is 0.700. The molecular formula is C21H18F3N3O5. The van der Waals surface area contributed by atoms with Crippen LogP contribution in [0.3, 0.4) is 0 Å². The van der Waals surface area contributed by atoms with Crippen LogP contribution in [-0.4, -0.2) is 42.5 Å². The predicted octanol–water partition coefficient (Wildman–Crippen LogP) is 2.88. The summed E-state index contributed by atoms with van der Waals surface area (Å²) in [6, 6.07) is 7.90. The van der Waals surface area contributed by atoms with E-state index in [0.717, 1.165) is 29.2 Å². The number of nitrogens with zero attached hydrogens (tertiary/aromatic N) is 1. The molecule has 4 rings (SSSR count). The van der Waals surface area contributed by atoms with E-state index in [4.69, 9.17) is 9.47 Å². The van der Waals surface area contributed by atoms with Gasteiger partial charge in [0.05, 0.1) is 5.56 Å². The van der Waals surface area contributed by atoms with Crippen LogP contribution in [0.5, 0.6) is 11.5 Å². The zero-order chi connectivity index (χ0) is 23.1. The minimum atomic E-state index is -4.50. The number of fused-ring (bicyclic) bond motifs is 1. The van der Waals surface area contributed by atoms with Gasteiger partial charge in [0.25, 0.3) is 5.91 Å². The van der Waals surface area contributed by atoms with E-state index >= 15 is 0 Å². The molecule has 0 spiro atoms. The second-order valence-electron chi connectivity index (χ2n) is 7.43.